The highest BCUT2D eigenvalue weighted by Crippen LogP contribution is 2.36. The summed E-state index contributed by atoms with van der Waals surface area (Å²) in [5, 5.41) is 21.2. The largest absolute Gasteiger partial charge is 0.309 e. The molecular weight excluding hydrogens is 354 g/mol. The third kappa shape index (κ3) is 2.65. The van der Waals surface area contributed by atoms with Crippen LogP contribution in [0, 0.1) is 22.7 Å². The molecule has 0 atom stereocenters. The maximum atomic E-state index is 9.40. The monoisotopic (exact) mass is 369 g/mol. The Hall–Kier alpha value is -4.34. The SMILES string of the molecule is N#Cc1cc(C#N)cc(-c2ccccc2-n2c3ccccc3c3ccccc32)c1. The van der Waals surface area contributed by atoms with E-state index in [1.54, 1.807) is 6.07 Å². The lowest BCUT2D eigenvalue weighted by atomic mass is 9.99. The van der Waals surface area contributed by atoms with E-state index in [9.17, 15) is 10.5 Å². The summed E-state index contributed by atoms with van der Waals surface area (Å²) in [5.41, 5.74) is 6.07. The molecule has 3 heteroatoms. The van der Waals surface area contributed by atoms with Crippen molar-refractivity contribution in [2.75, 3.05) is 0 Å². The summed E-state index contributed by atoms with van der Waals surface area (Å²) in [7, 11) is 0. The van der Waals surface area contributed by atoms with Crippen molar-refractivity contribution in [2.24, 2.45) is 0 Å². The van der Waals surface area contributed by atoms with Gasteiger partial charge in [0.2, 0.25) is 0 Å². The maximum Gasteiger partial charge on any atom is 0.0992 e. The molecule has 0 saturated heterocycles. The van der Waals surface area contributed by atoms with Crippen LogP contribution in [0.1, 0.15) is 11.1 Å². The fraction of sp³-hybridized carbons (Fsp3) is 0. The lowest BCUT2D eigenvalue weighted by molar-refractivity contribution is 1.18. The zero-order valence-corrected chi connectivity index (χ0v) is 15.5. The smallest absolute Gasteiger partial charge is 0.0992 e. The number of benzene rings is 4. The van der Waals surface area contributed by atoms with Gasteiger partial charge in [0.15, 0.2) is 0 Å². The van der Waals surface area contributed by atoms with E-state index in [1.165, 1.54) is 10.8 Å². The molecule has 0 aliphatic rings. The fourth-order valence-corrected chi connectivity index (χ4v) is 4.01. The second-order valence-electron chi connectivity index (χ2n) is 6.91. The molecule has 0 fully saturated rings. The molecule has 134 valence electrons. The topological polar surface area (TPSA) is 52.5 Å². The zero-order valence-electron chi connectivity index (χ0n) is 15.5. The van der Waals surface area contributed by atoms with Crippen molar-refractivity contribution in [3.8, 4) is 29.0 Å². The number of nitriles is 2. The van der Waals surface area contributed by atoms with Crippen LogP contribution in [0.15, 0.2) is 91.0 Å². The van der Waals surface area contributed by atoms with E-state index in [2.05, 4.69) is 59.2 Å². The molecule has 29 heavy (non-hydrogen) atoms. The highest BCUT2D eigenvalue weighted by molar-refractivity contribution is 6.09. The lowest BCUT2D eigenvalue weighted by Gasteiger charge is -2.14. The summed E-state index contributed by atoms with van der Waals surface area (Å²) < 4.78 is 2.26. The van der Waals surface area contributed by atoms with E-state index < -0.39 is 0 Å². The van der Waals surface area contributed by atoms with Crippen LogP contribution in [-0.4, -0.2) is 4.57 Å². The van der Waals surface area contributed by atoms with E-state index in [4.69, 9.17) is 0 Å². The highest BCUT2D eigenvalue weighted by atomic mass is 15.0. The second kappa shape index (κ2) is 6.68. The molecule has 5 rings (SSSR count). The first-order valence-corrected chi connectivity index (χ1v) is 9.33. The van der Waals surface area contributed by atoms with Crippen LogP contribution in [0.5, 0.6) is 0 Å². The van der Waals surface area contributed by atoms with Gasteiger partial charge in [-0.3, -0.25) is 0 Å². The Morgan fingerprint density at radius 3 is 1.69 bits per heavy atom. The number of para-hydroxylation sites is 3. The first kappa shape index (κ1) is 16.8. The Bertz CT molecular complexity index is 1390. The predicted molar refractivity (Wildman–Crippen MR) is 116 cm³/mol. The van der Waals surface area contributed by atoms with Gasteiger partial charge in [0, 0.05) is 16.3 Å². The van der Waals surface area contributed by atoms with Crippen LogP contribution in [0.25, 0.3) is 38.6 Å². The van der Waals surface area contributed by atoms with E-state index in [0.717, 1.165) is 27.8 Å². The zero-order chi connectivity index (χ0) is 19.8. The van der Waals surface area contributed by atoms with Crippen molar-refractivity contribution >= 4 is 21.8 Å². The number of hydrogen-bond acceptors (Lipinski definition) is 2. The quantitative estimate of drug-likeness (QED) is 0.372. The van der Waals surface area contributed by atoms with Crippen molar-refractivity contribution in [1.82, 2.24) is 4.57 Å². The second-order valence-corrected chi connectivity index (χ2v) is 6.91. The van der Waals surface area contributed by atoms with Crippen LogP contribution in [0.4, 0.5) is 0 Å². The van der Waals surface area contributed by atoms with Crippen LogP contribution < -0.4 is 0 Å². The highest BCUT2D eigenvalue weighted by Gasteiger charge is 2.15. The molecule has 0 N–H and O–H groups in total. The third-order valence-corrected chi connectivity index (χ3v) is 5.23. The van der Waals surface area contributed by atoms with E-state index in [0.29, 0.717) is 11.1 Å². The first-order chi connectivity index (χ1) is 14.3. The van der Waals surface area contributed by atoms with Gasteiger partial charge in [0.25, 0.3) is 0 Å². The third-order valence-electron chi connectivity index (χ3n) is 5.23. The number of fused-ring (bicyclic) bond motifs is 3. The van der Waals surface area contributed by atoms with Gasteiger partial charge >= 0.3 is 0 Å². The molecule has 0 radical (unpaired) electrons. The van der Waals surface area contributed by atoms with Crippen molar-refractivity contribution in [2.45, 2.75) is 0 Å². The van der Waals surface area contributed by atoms with Gasteiger partial charge in [-0.1, -0.05) is 54.6 Å². The van der Waals surface area contributed by atoms with Crippen molar-refractivity contribution in [3.63, 3.8) is 0 Å². The Balaban J connectivity index is 1.88. The van der Waals surface area contributed by atoms with Crippen LogP contribution in [0.3, 0.4) is 0 Å². The molecule has 0 unspecified atom stereocenters. The minimum atomic E-state index is 0.482. The van der Waals surface area contributed by atoms with Gasteiger partial charge in [-0.2, -0.15) is 10.5 Å². The summed E-state index contributed by atoms with van der Waals surface area (Å²) in [6.45, 7) is 0. The summed E-state index contributed by atoms with van der Waals surface area (Å²) in [4.78, 5) is 0. The Morgan fingerprint density at radius 1 is 0.586 bits per heavy atom. The van der Waals surface area contributed by atoms with Crippen LogP contribution in [-0.2, 0) is 0 Å². The van der Waals surface area contributed by atoms with Gasteiger partial charge < -0.3 is 4.57 Å². The average molecular weight is 369 g/mol. The summed E-state index contributed by atoms with van der Waals surface area (Å²) in [5.74, 6) is 0. The molecule has 0 aliphatic heterocycles. The molecule has 4 aromatic carbocycles. The minimum absolute atomic E-state index is 0.482. The molecule has 0 amide bonds. The maximum absolute atomic E-state index is 9.40. The molecule has 1 heterocycles. The van der Waals surface area contributed by atoms with Crippen LogP contribution in [0.2, 0.25) is 0 Å². The number of hydrogen-bond donors (Lipinski definition) is 0. The molecular formula is C26H15N3. The normalized spacial score (nSPS) is 10.7. The lowest BCUT2D eigenvalue weighted by Crippen LogP contribution is -1.97. The molecule has 0 aliphatic carbocycles. The van der Waals surface area contributed by atoms with Crippen LogP contribution >= 0.6 is 0 Å². The fourth-order valence-electron chi connectivity index (χ4n) is 4.01. The van der Waals surface area contributed by atoms with Crippen molar-refractivity contribution < 1.29 is 0 Å². The molecule has 0 bridgehead atoms. The summed E-state index contributed by atoms with van der Waals surface area (Å²) in [6, 6.07) is 34.5. The van der Waals surface area contributed by atoms with Gasteiger partial charge in [-0.25, -0.2) is 0 Å². The standard InChI is InChI=1S/C26H15N3/c27-16-18-13-19(17-28)15-20(14-18)21-7-1-4-10-24(21)29-25-11-5-2-8-22(25)23-9-3-6-12-26(23)29/h1-15H. The van der Waals surface area contributed by atoms with Gasteiger partial charge in [-0.05, 0) is 42.0 Å². The average Bonchev–Trinajstić information content (AvgIpc) is 3.13. The van der Waals surface area contributed by atoms with Gasteiger partial charge in [0.1, 0.15) is 0 Å². The van der Waals surface area contributed by atoms with Gasteiger partial charge in [-0.15, -0.1) is 0 Å². The summed E-state index contributed by atoms with van der Waals surface area (Å²) >= 11 is 0. The van der Waals surface area contributed by atoms with E-state index >= 15 is 0 Å². The molecule has 3 nitrogen and oxygen atoms in total. The van der Waals surface area contributed by atoms with E-state index in [1.807, 2.05) is 42.5 Å². The Labute approximate surface area is 168 Å². The Morgan fingerprint density at radius 2 is 1.10 bits per heavy atom. The van der Waals surface area contributed by atoms with Crippen molar-refractivity contribution in [1.29, 1.82) is 10.5 Å². The van der Waals surface area contributed by atoms with Gasteiger partial charge in [0.05, 0.1) is 40.0 Å². The molecule has 1 aromatic heterocycles. The number of rotatable bonds is 2. The molecule has 0 saturated carbocycles. The predicted octanol–water partition coefficient (Wildman–Crippen LogP) is 6.19. The van der Waals surface area contributed by atoms with Crippen molar-refractivity contribution in [3.05, 3.63) is 102 Å². The number of nitrogens with zero attached hydrogens (tertiary/aromatic N) is 3. The Kier molecular flexibility index (Phi) is 3.87. The minimum Gasteiger partial charge on any atom is -0.309 e. The first-order valence-electron chi connectivity index (χ1n) is 9.33. The summed E-state index contributed by atoms with van der Waals surface area (Å²) in [6.07, 6.45) is 0. The van der Waals surface area contributed by atoms with E-state index in [-0.39, 0.29) is 0 Å². The number of aromatic nitrogens is 1. The molecule has 5 aromatic rings. The molecule has 0 spiro atoms.